The molecular formula is C12H10Br2FN3O2S. The van der Waals surface area contributed by atoms with Crippen molar-refractivity contribution < 1.29 is 12.8 Å². The van der Waals surface area contributed by atoms with Crippen LogP contribution in [0.4, 0.5) is 15.9 Å². The molecule has 112 valence electrons. The number of nitrogens with two attached hydrogens (primary N) is 1. The zero-order valence-electron chi connectivity index (χ0n) is 10.7. The number of benzene rings is 1. The quantitative estimate of drug-likeness (QED) is 0.718. The molecule has 0 saturated heterocycles. The van der Waals surface area contributed by atoms with Crippen LogP contribution >= 0.6 is 31.9 Å². The van der Waals surface area contributed by atoms with Crippen molar-refractivity contribution in [3.8, 4) is 0 Å². The van der Waals surface area contributed by atoms with E-state index in [2.05, 4.69) is 41.6 Å². The summed E-state index contributed by atoms with van der Waals surface area (Å²) < 4.78 is 41.0. The van der Waals surface area contributed by atoms with E-state index in [-0.39, 0.29) is 20.9 Å². The molecule has 1 aromatic heterocycles. The molecule has 0 atom stereocenters. The molecule has 0 bridgehead atoms. The first-order chi connectivity index (χ1) is 9.70. The maximum Gasteiger partial charge on any atom is 0.265 e. The molecular weight excluding hydrogens is 429 g/mol. The van der Waals surface area contributed by atoms with E-state index in [9.17, 15) is 12.8 Å². The smallest absolute Gasteiger partial charge is 0.265 e. The number of rotatable bonds is 3. The average molecular weight is 439 g/mol. The lowest BCUT2D eigenvalue weighted by Crippen LogP contribution is -2.16. The number of anilines is 2. The standard InChI is InChI=1S/C12H10Br2FN3O2S/c1-6-7(13)2-3-12(17-6)18-21(19,20)11-4-8(14)9(15)5-10(11)16/h2-5H,16H2,1H3,(H,17,18). The van der Waals surface area contributed by atoms with Crippen LogP contribution in [0.3, 0.4) is 0 Å². The molecule has 0 aliphatic rings. The lowest BCUT2D eigenvalue weighted by Gasteiger charge is -2.11. The Kier molecular flexibility index (Phi) is 4.54. The van der Waals surface area contributed by atoms with Crippen molar-refractivity contribution in [2.45, 2.75) is 11.8 Å². The topological polar surface area (TPSA) is 85.1 Å². The molecule has 2 aromatic rings. The number of hydrogen-bond donors (Lipinski definition) is 2. The van der Waals surface area contributed by atoms with Crippen LogP contribution in [0, 0.1) is 12.7 Å². The molecule has 21 heavy (non-hydrogen) atoms. The largest absolute Gasteiger partial charge is 0.398 e. The molecule has 0 saturated carbocycles. The summed E-state index contributed by atoms with van der Waals surface area (Å²) in [5, 5.41) is 0. The molecule has 0 amide bonds. The van der Waals surface area contributed by atoms with E-state index < -0.39 is 15.8 Å². The number of sulfonamides is 1. The van der Waals surface area contributed by atoms with Crippen LogP contribution in [0.15, 0.2) is 38.1 Å². The van der Waals surface area contributed by atoms with Crippen molar-refractivity contribution in [2.24, 2.45) is 0 Å². The Bertz CT molecular complexity index is 812. The highest BCUT2D eigenvalue weighted by Crippen LogP contribution is 2.27. The molecule has 9 heteroatoms. The number of nitrogens with zero attached hydrogens (tertiary/aromatic N) is 1. The van der Waals surface area contributed by atoms with Gasteiger partial charge in [-0.15, -0.1) is 0 Å². The molecule has 5 nitrogen and oxygen atoms in total. The van der Waals surface area contributed by atoms with Gasteiger partial charge in [0.1, 0.15) is 16.5 Å². The number of halogens is 3. The van der Waals surface area contributed by atoms with E-state index in [1.165, 1.54) is 6.07 Å². The number of pyridine rings is 1. The molecule has 0 fully saturated rings. The fourth-order valence-corrected chi connectivity index (χ4v) is 3.43. The summed E-state index contributed by atoms with van der Waals surface area (Å²) >= 11 is 6.21. The Hall–Kier alpha value is -1.19. The molecule has 0 unspecified atom stereocenters. The zero-order chi connectivity index (χ0) is 15.8. The summed E-state index contributed by atoms with van der Waals surface area (Å²) in [5.74, 6) is -0.486. The van der Waals surface area contributed by atoms with Gasteiger partial charge >= 0.3 is 0 Å². The van der Waals surface area contributed by atoms with E-state index in [1.54, 1.807) is 13.0 Å². The third-order valence-electron chi connectivity index (χ3n) is 2.60. The van der Waals surface area contributed by atoms with Gasteiger partial charge in [-0.2, -0.15) is 0 Å². The minimum absolute atomic E-state index is 0.0111. The van der Waals surface area contributed by atoms with Crippen molar-refractivity contribution >= 4 is 53.4 Å². The highest BCUT2D eigenvalue weighted by molar-refractivity contribution is 9.10. The Morgan fingerprint density at radius 2 is 1.90 bits per heavy atom. The first kappa shape index (κ1) is 16.2. The first-order valence-electron chi connectivity index (χ1n) is 5.61. The maximum absolute atomic E-state index is 13.3. The molecule has 0 aliphatic heterocycles. The summed E-state index contributed by atoms with van der Waals surface area (Å²) in [7, 11) is -3.96. The van der Waals surface area contributed by atoms with Crippen molar-refractivity contribution in [1.29, 1.82) is 0 Å². The minimum atomic E-state index is -3.96. The van der Waals surface area contributed by atoms with Gasteiger partial charge in [-0.1, -0.05) is 0 Å². The minimum Gasteiger partial charge on any atom is -0.398 e. The van der Waals surface area contributed by atoms with Crippen LogP contribution in [0.5, 0.6) is 0 Å². The van der Waals surface area contributed by atoms with Crippen LogP contribution in [0.2, 0.25) is 0 Å². The first-order valence-corrected chi connectivity index (χ1v) is 8.68. The van der Waals surface area contributed by atoms with Gasteiger partial charge in [0.25, 0.3) is 10.0 Å². The van der Waals surface area contributed by atoms with Crippen LogP contribution < -0.4 is 10.5 Å². The average Bonchev–Trinajstić information content (AvgIpc) is 2.37. The number of nitrogens with one attached hydrogen (secondary N) is 1. The lowest BCUT2D eigenvalue weighted by molar-refractivity contribution is 0.599. The van der Waals surface area contributed by atoms with Crippen LogP contribution in [0.25, 0.3) is 0 Å². The van der Waals surface area contributed by atoms with Crippen molar-refractivity contribution in [1.82, 2.24) is 4.98 Å². The summed E-state index contributed by atoms with van der Waals surface area (Å²) in [6.07, 6.45) is 0. The predicted octanol–water partition coefficient (Wildman–Crippen LogP) is 3.44. The van der Waals surface area contributed by atoms with Gasteiger partial charge < -0.3 is 5.73 Å². The Balaban J connectivity index is 2.43. The maximum atomic E-state index is 13.3. The second-order valence-electron chi connectivity index (χ2n) is 4.17. The van der Waals surface area contributed by atoms with E-state index in [0.717, 1.165) is 16.6 Å². The molecule has 1 heterocycles. The second kappa shape index (κ2) is 5.90. The number of aryl methyl sites for hydroxylation is 1. The number of aromatic nitrogens is 1. The van der Waals surface area contributed by atoms with Crippen LogP contribution in [-0.2, 0) is 10.0 Å². The van der Waals surface area contributed by atoms with Gasteiger partial charge in [0.15, 0.2) is 0 Å². The number of nitrogen functional groups attached to an aromatic ring is 1. The third kappa shape index (κ3) is 3.53. The normalized spacial score (nSPS) is 11.4. The fourth-order valence-electron chi connectivity index (χ4n) is 1.57. The Labute approximate surface area is 138 Å². The molecule has 0 spiro atoms. The van der Waals surface area contributed by atoms with Gasteiger partial charge in [-0.3, -0.25) is 4.72 Å². The van der Waals surface area contributed by atoms with E-state index in [4.69, 9.17) is 5.73 Å². The van der Waals surface area contributed by atoms with Gasteiger partial charge in [-0.05, 0) is 63.0 Å². The molecule has 0 aliphatic carbocycles. The zero-order valence-corrected chi connectivity index (χ0v) is 14.7. The highest BCUT2D eigenvalue weighted by Gasteiger charge is 2.20. The Morgan fingerprint density at radius 1 is 1.24 bits per heavy atom. The fraction of sp³-hybridized carbons (Fsp3) is 0.0833. The summed E-state index contributed by atoms with van der Waals surface area (Å²) in [4.78, 5) is 3.87. The summed E-state index contributed by atoms with van der Waals surface area (Å²) in [5.41, 5.74) is 6.02. The highest BCUT2D eigenvalue weighted by atomic mass is 79.9. The second-order valence-corrected chi connectivity index (χ2v) is 7.53. The monoisotopic (exact) mass is 437 g/mol. The van der Waals surface area contributed by atoms with E-state index in [0.29, 0.717) is 5.69 Å². The lowest BCUT2D eigenvalue weighted by atomic mass is 10.3. The van der Waals surface area contributed by atoms with Gasteiger partial charge in [0, 0.05) is 4.47 Å². The van der Waals surface area contributed by atoms with E-state index in [1.807, 2.05) is 0 Å². The Morgan fingerprint density at radius 3 is 2.52 bits per heavy atom. The predicted molar refractivity (Wildman–Crippen MR) is 86.0 cm³/mol. The van der Waals surface area contributed by atoms with Crippen molar-refractivity contribution in [2.75, 3.05) is 10.5 Å². The van der Waals surface area contributed by atoms with E-state index >= 15 is 0 Å². The SMILES string of the molecule is Cc1nc(NS(=O)(=O)c2cc(Br)c(F)cc2N)ccc1Br. The van der Waals surface area contributed by atoms with Crippen molar-refractivity contribution in [3.05, 3.63) is 44.7 Å². The van der Waals surface area contributed by atoms with Crippen LogP contribution in [-0.4, -0.2) is 13.4 Å². The van der Waals surface area contributed by atoms with Gasteiger partial charge in [0.05, 0.1) is 15.9 Å². The van der Waals surface area contributed by atoms with Crippen LogP contribution in [0.1, 0.15) is 5.69 Å². The third-order valence-corrected chi connectivity index (χ3v) is 5.46. The molecule has 1 aromatic carbocycles. The van der Waals surface area contributed by atoms with Crippen molar-refractivity contribution in [3.63, 3.8) is 0 Å². The van der Waals surface area contributed by atoms with Gasteiger partial charge in [-0.25, -0.2) is 17.8 Å². The summed E-state index contributed by atoms with van der Waals surface area (Å²) in [6, 6.07) is 5.23. The van der Waals surface area contributed by atoms with Gasteiger partial charge in [0.2, 0.25) is 0 Å². The number of hydrogen-bond acceptors (Lipinski definition) is 4. The molecule has 3 N–H and O–H groups in total. The summed E-state index contributed by atoms with van der Waals surface area (Å²) in [6.45, 7) is 1.73. The molecule has 2 rings (SSSR count). The molecule has 0 radical (unpaired) electrons.